The van der Waals surface area contributed by atoms with E-state index in [1.165, 1.54) is 12.8 Å². The van der Waals surface area contributed by atoms with E-state index in [0.717, 1.165) is 48.4 Å². The first-order valence-corrected chi connectivity index (χ1v) is 11.4. The van der Waals surface area contributed by atoms with Gasteiger partial charge in [-0.2, -0.15) is 4.98 Å². The highest BCUT2D eigenvalue weighted by Crippen LogP contribution is 2.32. The molecule has 0 bridgehead atoms. The van der Waals surface area contributed by atoms with Gasteiger partial charge in [0.05, 0.1) is 17.6 Å². The average Bonchev–Trinajstić information content (AvgIpc) is 3.43. The van der Waals surface area contributed by atoms with Crippen LogP contribution in [0.1, 0.15) is 18.4 Å². The zero-order valence-corrected chi connectivity index (χ0v) is 18.6. The number of nitrogens with zero attached hydrogens (tertiary/aromatic N) is 5. The molecule has 1 saturated heterocycles. The first-order chi connectivity index (χ1) is 15.7. The van der Waals surface area contributed by atoms with Gasteiger partial charge in [-0.15, -0.1) is 5.10 Å². The van der Waals surface area contributed by atoms with Crippen LogP contribution in [0.4, 0.5) is 11.8 Å². The molecule has 3 N–H and O–H groups in total. The van der Waals surface area contributed by atoms with Crippen molar-refractivity contribution >= 4 is 34.4 Å². The van der Waals surface area contributed by atoms with Gasteiger partial charge in [-0.1, -0.05) is 54.1 Å². The minimum absolute atomic E-state index is 0.553. The van der Waals surface area contributed by atoms with E-state index in [1.807, 2.05) is 42.5 Å². The number of hydrogen-bond acceptors (Lipinski definition) is 6. The molecule has 0 atom stereocenters. The van der Waals surface area contributed by atoms with Gasteiger partial charge in [0, 0.05) is 23.7 Å². The maximum atomic E-state index is 6.56. The van der Waals surface area contributed by atoms with Crippen molar-refractivity contribution in [1.82, 2.24) is 24.6 Å². The number of anilines is 2. The van der Waals surface area contributed by atoms with E-state index in [2.05, 4.69) is 27.3 Å². The Morgan fingerprint density at radius 1 is 0.969 bits per heavy atom. The number of aromatic nitrogens is 4. The maximum Gasteiger partial charge on any atom is 0.225 e. The van der Waals surface area contributed by atoms with Gasteiger partial charge in [0.15, 0.2) is 5.65 Å². The molecule has 0 radical (unpaired) electrons. The molecule has 0 unspecified atom stereocenters. The van der Waals surface area contributed by atoms with Crippen molar-refractivity contribution in [3.8, 4) is 11.3 Å². The van der Waals surface area contributed by atoms with Gasteiger partial charge in [0.2, 0.25) is 5.95 Å². The number of nitrogens with two attached hydrogens (primary N) is 1. The first-order valence-electron chi connectivity index (χ1n) is 11.0. The number of rotatable bonds is 7. The first kappa shape index (κ1) is 20.7. The van der Waals surface area contributed by atoms with Crippen LogP contribution in [0.25, 0.3) is 22.3 Å². The van der Waals surface area contributed by atoms with Crippen LogP contribution in [-0.4, -0.2) is 50.8 Å². The lowest BCUT2D eigenvalue weighted by molar-refractivity contribution is 0.352. The van der Waals surface area contributed by atoms with Crippen molar-refractivity contribution in [3.05, 3.63) is 65.2 Å². The van der Waals surface area contributed by atoms with Crippen molar-refractivity contribution in [1.29, 1.82) is 0 Å². The predicted molar refractivity (Wildman–Crippen MR) is 130 cm³/mol. The third-order valence-electron chi connectivity index (χ3n) is 5.84. The van der Waals surface area contributed by atoms with E-state index in [1.54, 1.807) is 4.68 Å². The van der Waals surface area contributed by atoms with Crippen molar-refractivity contribution in [2.24, 2.45) is 0 Å². The van der Waals surface area contributed by atoms with Gasteiger partial charge in [-0.3, -0.25) is 0 Å². The maximum absolute atomic E-state index is 6.56. The van der Waals surface area contributed by atoms with Crippen LogP contribution in [0, 0.1) is 0 Å². The fourth-order valence-corrected chi connectivity index (χ4v) is 4.29. The molecule has 5 rings (SSSR count). The SMILES string of the molecule is Nc1c2c(-c3ccc(Cl)cc3)nc(NCCN3CCCC3)nc2nn1Cc1ccccc1. The molecule has 1 aliphatic heterocycles. The quantitative estimate of drug-likeness (QED) is 0.439. The Hall–Kier alpha value is -3.16. The summed E-state index contributed by atoms with van der Waals surface area (Å²) in [5.41, 5.74) is 9.95. The third kappa shape index (κ3) is 4.40. The van der Waals surface area contributed by atoms with Crippen molar-refractivity contribution in [2.75, 3.05) is 37.2 Å². The zero-order valence-electron chi connectivity index (χ0n) is 17.8. The Labute approximate surface area is 192 Å². The lowest BCUT2D eigenvalue weighted by atomic mass is 10.1. The van der Waals surface area contributed by atoms with Crippen molar-refractivity contribution in [2.45, 2.75) is 19.4 Å². The summed E-state index contributed by atoms with van der Waals surface area (Å²) in [6, 6.07) is 17.7. The monoisotopic (exact) mass is 447 g/mol. The van der Waals surface area contributed by atoms with E-state index >= 15 is 0 Å². The van der Waals surface area contributed by atoms with Crippen LogP contribution in [0.2, 0.25) is 5.02 Å². The lowest BCUT2D eigenvalue weighted by Gasteiger charge is -2.15. The summed E-state index contributed by atoms with van der Waals surface area (Å²) in [4.78, 5) is 12.0. The fraction of sp³-hybridized carbons (Fsp3) is 0.292. The summed E-state index contributed by atoms with van der Waals surface area (Å²) in [6.45, 7) is 4.66. The van der Waals surface area contributed by atoms with E-state index in [0.29, 0.717) is 29.0 Å². The smallest absolute Gasteiger partial charge is 0.225 e. The van der Waals surface area contributed by atoms with E-state index < -0.39 is 0 Å². The molecule has 4 aromatic rings. The summed E-state index contributed by atoms with van der Waals surface area (Å²) >= 11 is 6.11. The molecule has 164 valence electrons. The van der Waals surface area contributed by atoms with Crippen LogP contribution in [-0.2, 0) is 6.54 Å². The number of hydrogen-bond donors (Lipinski definition) is 2. The molecule has 0 amide bonds. The number of nitrogen functional groups attached to an aromatic ring is 1. The Bertz CT molecular complexity index is 1200. The molecule has 1 aliphatic rings. The molecule has 0 saturated carbocycles. The number of likely N-dealkylation sites (tertiary alicyclic amines) is 1. The second-order valence-electron chi connectivity index (χ2n) is 8.11. The van der Waals surface area contributed by atoms with Gasteiger partial charge in [-0.05, 0) is 43.6 Å². The molecule has 3 heterocycles. The summed E-state index contributed by atoms with van der Waals surface area (Å²) in [5.74, 6) is 1.11. The molecule has 7 nitrogen and oxygen atoms in total. The van der Waals surface area contributed by atoms with E-state index in [-0.39, 0.29) is 0 Å². The van der Waals surface area contributed by atoms with Gasteiger partial charge in [0.25, 0.3) is 0 Å². The largest absolute Gasteiger partial charge is 0.383 e. The fourth-order valence-electron chi connectivity index (χ4n) is 4.16. The Morgan fingerprint density at radius 3 is 2.47 bits per heavy atom. The minimum atomic E-state index is 0.553. The number of fused-ring (bicyclic) bond motifs is 1. The topological polar surface area (TPSA) is 84.9 Å². The normalized spacial score (nSPS) is 14.3. The summed E-state index contributed by atoms with van der Waals surface area (Å²) in [6.07, 6.45) is 2.56. The second-order valence-corrected chi connectivity index (χ2v) is 8.54. The molecule has 2 aromatic carbocycles. The Kier molecular flexibility index (Phi) is 5.92. The summed E-state index contributed by atoms with van der Waals surface area (Å²) in [7, 11) is 0. The molecule has 1 fully saturated rings. The molecular formula is C24H26ClN7. The summed E-state index contributed by atoms with van der Waals surface area (Å²) in [5, 5.41) is 9.54. The van der Waals surface area contributed by atoms with E-state index in [9.17, 15) is 0 Å². The van der Waals surface area contributed by atoms with Crippen LogP contribution >= 0.6 is 11.6 Å². The highest BCUT2D eigenvalue weighted by Gasteiger charge is 2.19. The highest BCUT2D eigenvalue weighted by molar-refractivity contribution is 6.30. The van der Waals surface area contributed by atoms with Crippen molar-refractivity contribution in [3.63, 3.8) is 0 Å². The van der Waals surface area contributed by atoms with Crippen molar-refractivity contribution < 1.29 is 0 Å². The van der Waals surface area contributed by atoms with Gasteiger partial charge < -0.3 is 16.0 Å². The minimum Gasteiger partial charge on any atom is -0.383 e. The highest BCUT2D eigenvalue weighted by atomic mass is 35.5. The molecular weight excluding hydrogens is 422 g/mol. The number of nitrogens with one attached hydrogen (secondary N) is 1. The van der Waals surface area contributed by atoms with Crippen LogP contribution < -0.4 is 11.1 Å². The van der Waals surface area contributed by atoms with Gasteiger partial charge in [0.1, 0.15) is 5.82 Å². The van der Waals surface area contributed by atoms with Crippen LogP contribution in [0.15, 0.2) is 54.6 Å². The Morgan fingerprint density at radius 2 is 1.72 bits per heavy atom. The van der Waals surface area contributed by atoms with Crippen LogP contribution in [0.3, 0.4) is 0 Å². The standard InChI is InChI=1S/C24H26ClN7/c25-19-10-8-18(9-11-19)21-20-22(26)32(16-17-6-2-1-3-7-17)30-23(20)29-24(28-21)27-12-15-31-13-4-5-14-31/h1-3,6-11H,4-5,12-16,26H2,(H,27,29,30). The molecule has 2 aromatic heterocycles. The van der Waals surface area contributed by atoms with Crippen LogP contribution in [0.5, 0.6) is 0 Å². The third-order valence-corrected chi connectivity index (χ3v) is 6.09. The molecule has 0 spiro atoms. The van der Waals surface area contributed by atoms with Gasteiger partial charge in [-0.25, -0.2) is 9.67 Å². The lowest BCUT2D eigenvalue weighted by Crippen LogP contribution is -2.26. The molecule has 32 heavy (non-hydrogen) atoms. The zero-order chi connectivity index (χ0) is 21.9. The number of halogens is 1. The second kappa shape index (κ2) is 9.14. The summed E-state index contributed by atoms with van der Waals surface area (Å²) < 4.78 is 1.79. The number of benzene rings is 2. The van der Waals surface area contributed by atoms with E-state index in [4.69, 9.17) is 27.4 Å². The predicted octanol–water partition coefficient (Wildman–Crippen LogP) is 4.28. The molecule has 8 heteroatoms. The molecule has 0 aliphatic carbocycles. The van der Waals surface area contributed by atoms with Gasteiger partial charge >= 0.3 is 0 Å². The average molecular weight is 448 g/mol. The Balaban J connectivity index is 1.51.